The molecule has 0 fully saturated rings. The van der Waals surface area contributed by atoms with E-state index in [0.29, 0.717) is 18.1 Å². The fourth-order valence-electron chi connectivity index (χ4n) is 1.77. The van der Waals surface area contributed by atoms with Gasteiger partial charge in [0.05, 0.1) is 9.85 Å². The van der Waals surface area contributed by atoms with E-state index in [1.165, 1.54) is 24.3 Å². The SMILES string of the molecule is Cc1nc(NCc2ccc([N+](=O)[O-])cc2)ccc1[N+](=O)[O-]. The van der Waals surface area contributed by atoms with Crippen molar-refractivity contribution in [3.05, 3.63) is 67.9 Å². The first kappa shape index (κ1) is 14.4. The smallest absolute Gasteiger partial charge is 0.290 e. The van der Waals surface area contributed by atoms with Crippen molar-refractivity contribution >= 4 is 17.2 Å². The molecule has 1 N–H and O–H groups in total. The van der Waals surface area contributed by atoms with Gasteiger partial charge in [0.25, 0.3) is 11.4 Å². The van der Waals surface area contributed by atoms with E-state index in [1.807, 2.05) is 0 Å². The lowest BCUT2D eigenvalue weighted by Crippen LogP contribution is -2.03. The molecule has 0 unspecified atom stereocenters. The second-order valence-electron chi connectivity index (χ2n) is 4.34. The number of hydrogen-bond donors (Lipinski definition) is 1. The standard InChI is InChI=1S/C13H12N4O4/c1-9-12(17(20)21)6-7-13(15-9)14-8-10-2-4-11(5-3-10)16(18)19/h2-7H,8H2,1H3,(H,14,15). The van der Waals surface area contributed by atoms with Crippen molar-refractivity contribution in [3.8, 4) is 0 Å². The number of nitro benzene ring substituents is 1. The molecule has 21 heavy (non-hydrogen) atoms. The first-order valence-corrected chi connectivity index (χ1v) is 6.06. The molecule has 1 aromatic carbocycles. The lowest BCUT2D eigenvalue weighted by molar-refractivity contribution is -0.385. The fraction of sp³-hybridized carbons (Fsp3) is 0.154. The van der Waals surface area contributed by atoms with Crippen LogP contribution in [0, 0.1) is 27.2 Å². The Bertz CT molecular complexity index is 685. The minimum absolute atomic E-state index is 0.0306. The van der Waals surface area contributed by atoms with Gasteiger partial charge in [-0.1, -0.05) is 12.1 Å². The summed E-state index contributed by atoms with van der Waals surface area (Å²) in [4.78, 5) is 24.4. The number of hydrogen-bond acceptors (Lipinski definition) is 6. The molecule has 0 amide bonds. The zero-order valence-corrected chi connectivity index (χ0v) is 11.1. The second-order valence-corrected chi connectivity index (χ2v) is 4.34. The third-order valence-electron chi connectivity index (χ3n) is 2.88. The topological polar surface area (TPSA) is 111 Å². The average molecular weight is 288 g/mol. The molecule has 108 valence electrons. The van der Waals surface area contributed by atoms with Crippen LogP contribution in [0.1, 0.15) is 11.3 Å². The van der Waals surface area contributed by atoms with E-state index >= 15 is 0 Å². The molecule has 0 saturated carbocycles. The summed E-state index contributed by atoms with van der Waals surface area (Å²) in [6.07, 6.45) is 0. The molecule has 0 aliphatic heterocycles. The monoisotopic (exact) mass is 288 g/mol. The summed E-state index contributed by atoms with van der Waals surface area (Å²) in [6, 6.07) is 9.04. The summed E-state index contributed by atoms with van der Waals surface area (Å²) in [7, 11) is 0. The van der Waals surface area contributed by atoms with Gasteiger partial charge in [-0.2, -0.15) is 0 Å². The van der Waals surface area contributed by atoms with Crippen LogP contribution in [0.4, 0.5) is 17.2 Å². The summed E-state index contributed by atoms with van der Waals surface area (Å²) in [6.45, 7) is 1.98. The summed E-state index contributed by atoms with van der Waals surface area (Å²) in [5.41, 5.74) is 1.17. The number of aromatic nitrogens is 1. The number of non-ortho nitro benzene ring substituents is 1. The van der Waals surface area contributed by atoms with Gasteiger partial charge in [-0.15, -0.1) is 0 Å². The summed E-state index contributed by atoms with van der Waals surface area (Å²) in [5.74, 6) is 0.511. The maximum absolute atomic E-state index is 10.7. The van der Waals surface area contributed by atoms with E-state index in [-0.39, 0.29) is 11.4 Å². The number of aryl methyl sites for hydroxylation is 1. The molecule has 0 atom stereocenters. The van der Waals surface area contributed by atoms with E-state index in [2.05, 4.69) is 10.3 Å². The molecule has 8 nitrogen and oxygen atoms in total. The number of rotatable bonds is 5. The van der Waals surface area contributed by atoms with Gasteiger partial charge in [0, 0.05) is 24.7 Å². The first-order valence-electron chi connectivity index (χ1n) is 6.06. The van der Waals surface area contributed by atoms with Crippen LogP contribution in [0.2, 0.25) is 0 Å². The highest BCUT2D eigenvalue weighted by atomic mass is 16.6. The molecule has 0 bridgehead atoms. The summed E-state index contributed by atoms with van der Waals surface area (Å²) < 4.78 is 0. The van der Waals surface area contributed by atoms with Gasteiger partial charge in [0.2, 0.25) is 0 Å². The summed E-state index contributed by atoms with van der Waals surface area (Å²) in [5, 5.41) is 24.2. The van der Waals surface area contributed by atoms with E-state index in [4.69, 9.17) is 0 Å². The van der Waals surface area contributed by atoms with Crippen LogP contribution in [0.5, 0.6) is 0 Å². The first-order chi connectivity index (χ1) is 9.97. The van der Waals surface area contributed by atoms with Crippen molar-refractivity contribution in [2.45, 2.75) is 13.5 Å². The van der Waals surface area contributed by atoms with E-state index < -0.39 is 9.85 Å². The quantitative estimate of drug-likeness (QED) is 0.668. The van der Waals surface area contributed by atoms with Crippen LogP contribution in [0.15, 0.2) is 36.4 Å². The van der Waals surface area contributed by atoms with Crippen molar-refractivity contribution in [1.82, 2.24) is 4.98 Å². The van der Waals surface area contributed by atoms with Gasteiger partial charge in [-0.25, -0.2) is 4.98 Å². The highest BCUT2D eigenvalue weighted by Gasteiger charge is 2.11. The fourth-order valence-corrected chi connectivity index (χ4v) is 1.77. The third-order valence-corrected chi connectivity index (χ3v) is 2.88. The van der Waals surface area contributed by atoms with Crippen LogP contribution < -0.4 is 5.32 Å². The lowest BCUT2D eigenvalue weighted by atomic mass is 10.2. The minimum Gasteiger partial charge on any atom is -0.366 e. The third kappa shape index (κ3) is 3.50. The van der Waals surface area contributed by atoms with Crippen LogP contribution in [0.3, 0.4) is 0 Å². The van der Waals surface area contributed by atoms with Gasteiger partial charge in [0.1, 0.15) is 11.5 Å². The van der Waals surface area contributed by atoms with Crippen molar-refractivity contribution in [1.29, 1.82) is 0 Å². The molecule has 0 spiro atoms. The van der Waals surface area contributed by atoms with Gasteiger partial charge in [-0.05, 0) is 18.6 Å². The summed E-state index contributed by atoms with van der Waals surface area (Å²) >= 11 is 0. The number of benzene rings is 1. The normalized spacial score (nSPS) is 10.1. The number of nitro groups is 2. The van der Waals surface area contributed by atoms with Crippen molar-refractivity contribution in [2.75, 3.05) is 5.32 Å². The molecule has 0 saturated heterocycles. The number of nitrogens with zero attached hydrogens (tertiary/aromatic N) is 3. The Morgan fingerprint density at radius 2 is 1.71 bits per heavy atom. The Morgan fingerprint density at radius 1 is 1.05 bits per heavy atom. The molecule has 0 aliphatic rings. The number of nitrogens with one attached hydrogen (secondary N) is 1. The molecule has 2 rings (SSSR count). The van der Waals surface area contributed by atoms with Gasteiger partial charge < -0.3 is 5.32 Å². The molecular weight excluding hydrogens is 276 g/mol. The Morgan fingerprint density at radius 3 is 2.24 bits per heavy atom. The van der Waals surface area contributed by atoms with Crippen molar-refractivity contribution in [3.63, 3.8) is 0 Å². The molecule has 0 aliphatic carbocycles. The van der Waals surface area contributed by atoms with Gasteiger partial charge in [0.15, 0.2) is 0 Å². The lowest BCUT2D eigenvalue weighted by Gasteiger charge is -2.06. The van der Waals surface area contributed by atoms with Gasteiger partial charge in [-0.3, -0.25) is 20.2 Å². The largest absolute Gasteiger partial charge is 0.366 e. The minimum atomic E-state index is -0.484. The molecule has 1 heterocycles. The predicted octanol–water partition coefficient (Wildman–Crippen LogP) is 2.82. The Labute approximate surface area is 119 Å². The molecule has 1 aromatic heterocycles. The highest BCUT2D eigenvalue weighted by Crippen LogP contribution is 2.18. The van der Waals surface area contributed by atoms with E-state index in [0.717, 1.165) is 5.56 Å². The number of anilines is 1. The zero-order valence-electron chi connectivity index (χ0n) is 11.1. The maximum Gasteiger partial charge on any atom is 0.290 e. The van der Waals surface area contributed by atoms with Crippen LogP contribution in [-0.2, 0) is 6.54 Å². The zero-order chi connectivity index (χ0) is 15.4. The van der Waals surface area contributed by atoms with E-state index in [9.17, 15) is 20.2 Å². The molecular formula is C13H12N4O4. The Hall–Kier alpha value is -3.03. The van der Waals surface area contributed by atoms with Crippen molar-refractivity contribution in [2.24, 2.45) is 0 Å². The maximum atomic E-state index is 10.7. The Balaban J connectivity index is 2.04. The second kappa shape index (κ2) is 5.95. The predicted molar refractivity (Wildman–Crippen MR) is 76.1 cm³/mol. The van der Waals surface area contributed by atoms with Crippen LogP contribution >= 0.6 is 0 Å². The molecule has 8 heteroatoms. The highest BCUT2D eigenvalue weighted by molar-refractivity contribution is 5.45. The average Bonchev–Trinajstić information content (AvgIpc) is 2.45. The van der Waals surface area contributed by atoms with Crippen molar-refractivity contribution < 1.29 is 9.85 Å². The van der Waals surface area contributed by atoms with Gasteiger partial charge >= 0.3 is 0 Å². The van der Waals surface area contributed by atoms with Crippen LogP contribution in [0.25, 0.3) is 0 Å². The van der Waals surface area contributed by atoms with Crippen LogP contribution in [-0.4, -0.2) is 14.8 Å². The van der Waals surface area contributed by atoms with E-state index in [1.54, 1.807) is 19.1 Å². The molecule has 0 radical (unpaired) electrons. The number of pyridine rings is 1. The Kier molecular flexibility index (Phi) is 4.07. The molecule has 2 aromatic rings.